The summed E-state index contributed by atoms with van der Waals surface area (Å²) in [5.74, 6) is 0. The lowest BCUT2D eigenvalue weighted by Gasteiger charge is -2.04. The number of rotatable bonds is 8. The van der Waals surface area contributed by atoms with Gasteiger partial charge in [-0.15, -0.1) is 0 Å². The van der Waals surface area contributed by atoms with Crippen LogP contribution in [0.2, 0.25) is 0 Å². The van der Waals surface area contributed by atoms with Crippen molar-refractivity contribution in [3.05, 3.63) is 12.3 Å². The molecule has 0 amide bonds. The molecule has 78 valence electrons. The third-order valence-electron chi connectivity index (χ3n) is 1.69. The Balaban J connectivity index is 3.27. The van der Waals surface area contributed by atoms with Crippen molar-refractivity contribution >= 4 is 0 Å². The van der Waals surface area contributed by atoms with E-state index in [-0.39, 0.29) is 12.9 Å². The van der Waals surface area contributed by atoms with Gasteiger partial charge in [0.05, 0.1) is 12.4 Å². The zero-order chi connectivity index (χ0) is 9.94. The second-order valence-electron chi connectivity index (χ2n) is 2.96. The highest BCUT2D eigenvalue weighted by atomic mass is 16.7. The zero-order valence-electron chi connectivity index (χ0n) is 8.53. The Morgan fingerprint density at radius 2 is 2.15 bits per heavy atom. The van der Waals surface area contributed by atoms with Crippen LogP contribution in [0.4, 0.5) is 0 Å². The van der Waals surface area contributed by atoms with Crippen molar-refractivity contribution in [2.75, 3.05) is 13.9 Å². The van der Waals surface area contributed by atoms with Crippen LogP contribution in [0.25, 0.3) is 0 Å². The summed E-state index contributed by atoms with van der Waals surface area (Å²) < 4.78 is 9.56. The average molecular weight is 188 g/mol. The van der Waals surface area contributed by atoms with Gasteiger partial charge >= 0.3 is 0 Å². The molecule has 0 aromatic heterocycles. The van der Waals surface area contributed by atoms with Gasteiger partial charge in [-0.25, -0.2) is 0 Å². The van der Waals surface area contributed by atoms with Gasteiger partial charge in [0, 0.05) is 7.11 Å². The highest BCUT2D eigenvalue weighted by Crippen LogP contribution is 2.03. The topological polar surface area (TPSA) is 38.7 Å². The van der Waals surface area contributed by atoms with Crippen molar-refractivity contribution in [1.29, 1.82) is 0 Å². The lowest BCUT2D eigenvalue weighted by Crippen LogP contribution is -2.02. The number of ether oxygens (including phenoxy) is 2. The number of aliphatic hydroxyl groups is 1. The second kappa shape index (κ2) is 9.55. The summed E-state index contributed by atoms with van der Waals surface area (Å²) in [6, 6.07) is 0. The van der Waals surface area contributed by atoms with Crippen molar-refractivity contribution in [3.63, 3.8) is 0 Å². The molecule has 0 bridgehead atoms. The van der Waals surface area contributed by atoms with Crippen molar-refractivity contribution in [2.45, 2.75) is 38.7 Å². The molecule has 0 fully saturated rings. The van der Waals surface area contributed by atoms with Crippen LogP contribution < -0.4 is 0 Å². The van der Waals surface area contributed by atoms with Crippen molar-refractivity contribution in [2.24, 2.45) is 0 Å². The Morgan fingerprint density at radius 1 is 1.38 bits per heavy atom. The Bertz CT molecular complexity index is 123. The van der Waals surface area contributed by atoms with Gasteiger partial charge in [0.2, 0.25) is 0 Å². The summed E-state index contributed by atoms with van der Waals surface area (Å²) in [5, 5.41) is 9.37. The third kappa shape index (κ3) is 9.37. The Morgan fingerprint density at radius 3 is 2.77 bits per heavy atom. The molecule has 0 heterocycles. The van der Waals surface area contributed by atoms with E-state index in [1.54, 1.807) is 13.2 Å². The van der Waals surface area contributed by atoms with Crippen LogP contribution in [0.15, 0.2) is 12.3 Å². The van der Waals surface area contributed by atoms with E-state index in [0.29, 0.717) is 0 Å². The first-order valence-electron chi connectivity index (χ1n) is 4.76. The van der Waals surface area contributed by atoms with Gasteiger partial charge in [0.25, 0.3) is 0 Å². The van der Waals surface area contributed by atoms with Crippen molar-refractivity contribution in [3.8, 4) is 0 Å². The highest BCUT2D eigenvalue weighted by molar-refractivity contribution is 4.82. The van der Waals surface area contributed by atoms with Crippen molar-refractivity contribution < 1.29 is 14.6 Å². The SMILES string of the molecule is CCCCC[C@H](O)C=COCOC. The molecule has 0 aromatic rings. The van der Waals surface area contributed by atoms with Gasteiger partial charge in [-0.2, -0.15) is 0 Å². The molecule has 1 atom stereocenters. The summed E-state index contributed by atoms with van der Waals surface area (Å²) in [6.45, 7) is 2.38. The average Bonchev–Trinajstić information content (AvgIpc) is 2.13. The van der Waals surface area contributed by atoms with Crippen LogP contribution in [0.5, 0.6) is 0 Å². The second-order valence-corrected chi connectivity index (χ2v) is 2.96. The van der Waals surface area contributed by atoms with Gasteiger partial charge in [0.15, 0.2) is 6.79 Å². The highest BCUT2D eigenvalue weighted by Gasteiger charge is 1.97. The fraction of sp³-hybridized carbons (Fsp3) is 0.800. The van der Waals surface area contributed by atoms with E-state index >= 15 is 0 Å². The van der Waals surface area contributed by atoms with Gasteiger partial charge in [-0.05, 0) is 12.5 Å². The summed E-state index contributed by atoms with van der Waals surface area (Å²) in [7, 11) is 1.56. The standard InChI is InChI=1S/C10H20O3/c1-3-4-5-6-10(11)7-8-13-9-12-2/h7-8,10-11H,3-6,9H2,1-2H3/t10-/m0/s1. The summed E-state index contributed by atoms with van der Waals surface area (Å²) >= 11 is 0. The van der Waals surface area contributed by atoms with Crippen LogP contribution in [-0.2, 0) is 9.47 Å². The van der Waals surface area contributed by atoms with E-state index < -0.39 is 0 Å². The molecule has 3 nitrogen and oxygen atoms in total. The number of hydrogen-bond acceptors (Lipinski definition) is 3. The molecule has 0 saturated heterocycles. The molecule has 0 aliphatic heterocycles. The monoisotopic (exact) mass is 188 g/mol. The largest absolute Gasteiger partial charge is 0.475 e. The molecule has 0 aliphatic rings. The predicted molar refractivity (Wildman–Crippen MR) is 52.2 cm³/mol. The molecule has 0 rings (SSSR count). The lowest BCUT2D eigenvalue weighted by molar-refractivity contribution is 0.0186. The quantitative estimate of drug-likeness (QED) is 0.360. The van der Waals surface area contributed by atoms with Gasteiger partial charge in [-0.1, -0.05) is 26.2 Å². The number of methoxy groups -OCH3 is 1. The van der Waals surface area contributed by atoms with Gasteiger partial charge < -0.3 is 14.6 Å². The Hall–Kier alpha value is -0.540. The summed E-state index contributed by atoms with van der Waals surface area (Å²) in [6.07, 6.45) is 6.96. The molecule has 0 radical (unpaired) electrons. The van der Waals surface area contributed by atoms with E-state index in [9.17, 15) is 5.11 Å². The molecule has 0 aliphatic carbocycles. The van der Waals surface area contributed by atoms with Crippen LogP contribution in [0.1, 0.15) is 32.6 Å². The fourth-order valence-corrected chi connectivity index (χ4v) is 0.953. The Labute approximate surface area is 80.4 Å². The van der Waals surface area contributed by atoms with Gasteiger partial charge in [-0.3, -0.25) is 0 Å². The maximum atomic E-state index is 9.37. The normalized spacial score (nSPS) is 13.5. The molecule has 1 N–H and O–H groups in total. The van der Waals surface area contributed by atoms with E-state index in [4.69, 9.17) is 4.74 Å². The summed E-state index contributed by atoms with van der Waals surface area (Å²) in [4.78, 5) is 0. The molecular formula is C10H20O3. The predicted octanol–water partition coefficient (Wildman–Crippen LogP) is 2.06. The first kappa shape index (κ1) is 12.5. The van der Waals surface area contributed by atoms with Gasteiger partial charge in [0.1, 0.15) is 0 Å². The first-order chi connectivity index (χ1) is 6.31. The molecule has 13 heavy (non-hydrogen) atoms. The number of unbranched alkanes of at least 4 members (excludes halogenated alkanes) is 2. The molecular weight excluding hydrogens is 168 g/mol. The maximum absolute atomic E-state index is 9.37. The minimum Gasteiger partial charge on any atom is -0.475 e. The van der Waals surface area contributed by atoms with Crippen LogP contribution in [0.3, 0.4) is 0 Å². The Kier molecular flexibility index (Phi) is 9.15. The maximum Gasteiger partial charge on any atom is 0.187 e. The molecule has 0 saturated carbocycles. The lowest BCUT2D eigenvalue weighted by atomic mass is 10.1. The number of aliphatic hydroxyl groups excluding tert-OH is 1. The summed E-state index contributed by atoms with van der Waals surface area (Å²) in [5.41, 5.74) is 0. The van der Waals surface area contributed by atoms with E-state index in [1.165, 1.54) is 19.1 Å². The smallest absolute Gasteiger partial charge is 0.187 e. The first-order valence-corrected chi connectivity index (χ1v) is 4.76. The van der Waals surface area contributed by atoms with Crippen molar-refractivity contribution in [1.82, 2.24) is 0 Å². The third-order valence-corrected chi connectivity index (χ3v) is 1.69. The molecule has 0 aromatic carbocycles. The zero-order valence-corrected chi connectivity index (χ0v) is 8.53. The minimum absolute atomic E-state index is 0.234. The fourth-order valence-electron chi connectivity index (χ4n) is 0.953. The van der Waals surface area contributed by atoms with E-state index in [0.717, 1.165) is 12.8 Å². The molecule has 0 unspecified atom stereocenters. The van der Waals surface area contributed by atoms with Crippen LogP contribution in [-0.4, -0.2) is 25.1 Å². The van der Waals surface area contributed by atoms with Crippen LogP contribution >= 0.6 is 0 Å². The van der Waals surface area contributed by atoms with E-state index in [1.807, 2.05) is 0 Å². The molecule has 0 spiro atoms. The van der Waals surface area contributed by atoms with Crippen LogP contribution in [0, 0.1) is 0 Å². The minimum atomic E-state index is -0.386. The number of hydrogen-bond donors (Lipinski definition) is 1. The van der Waals surface area contributed by atoms with E-state index in [2.05, 4.69) is 11.7 Å². The molecule has 3 heteroatoms.